The Bertz CT molecular complexity index is 418. The van der Waals surface area contributed by atoms with Crippen LogP contribution in [0, 0.1) is 13.8 Å². The standard InChI is InChI=1S/C15H23NO3/c1-4-16(8-7-15(17)18)9-10-19-14-11-12(2)5-6-13(14)3/h5-6,11H,4,7-10H2,1-3H3,(H,17,18). The van der Waals surface area contributed by atoms with Crippen LogP contribution in [0.3, 0.4) is 0 Å². The van der Waals surface area contributed by atoms with Crippen molar-refractivity contribution in [3.63, 3.8) is 0 Å². The number of aliphatic carboxylic acids is 1. The molecule has 1 aromatic carbocycles. The molecule has 0 aliphatic carbocycles. The van der Waals surface area contributed by atoms with Gasteiger partial charge in [-0.15, -0.1) is 0 Å². The van der Waals surface area contributed by atoms with E-state index in [-0.39, 0.29) is 6.42 Å². The molecule has 0 aromatic heterocycles. The van der Waals surface area contributed by atoms with E-state index in [0.717, 1.165) is 24.4 Å². The number of hydrogen-bond donors (Lipinski definition) is 1. The zero-order valence-electron chi connectivity index (χ0n) is 12.0. The van der Waals surface area contributed by atoms with Crippen molar-refractivity contribution in [1.29, 1.82) is 0 Å². The Balaban J connectivity index is 2.39. The first-order valence-electron chi connectivity index (χ1n) is 6.67. The van der Waals surface area contributed by atoms with Gasteiger partial charge >= 0.3 is 5.97 Å². The molecular weight excluding hydrogens is 242 g/mol. The molecule has 0 amide bonds. The van der Waals surface area contributed by atoms with Gasteiger partial charge in [0.1, 0.15) is 12.4 Å². The van der Waals surface area contributed by atoms with Gasteiger partial charge in [-0.25, -0.2) is 0 Å². The molecule has 0 atom stereocenters. The maximum atomic E-state index is 10.5. The van der Waals surface area contributed by atoms with Crippen LogP contribution in [-0.4, -0.2) is 42.2 Å². The largest absolute Gasteiger partial charge is 0.492 e. The fourth-order valence-corrected chi connectivity index (χ4v) is 1.83. The lowest BCUT2D eigenvalue weighted by atomic mass is 10.1. The van der Waals surface area contributed by atoms with Crippen molar-refractivity contribution >= 4 is 5.97 Å². The molecule has 0 aliphatic heterocycles. The maximum Gasteiger partial charge on any atom is 0.304 e. The third-order valence-corrected chi connectivity index (χ3v) is 3.10. The normalized spacial score (nSPS) is 10.7. The summed E-state index contributed by atoms with van der Waals surface area (Å²) in [6, 6.07) is 6.14. The number of nitrogens with zero attached hydrogens (tertiary/aromatic N) is 1. The van der Waals surface area contributed by atoms with Crippen LogP contribution < -0.4 is 4.74 Å². The molecule has 0 spiro atoms. The van der Waals surface area contributed by atoms with Crippen LogP contribution in [0.4, 0.5) is 0 Å². The van der Waals surface area contributed by atoms with Gasteiger partial charge in [0.15, 0.2) is 0 Å². The van der Waals surface area contributed by atoms with Gasteiger partial charge in [0.25, 0.3) is 0 Å². The zero-order valence-corrected chi connectivity index (χ0v) is 12.0. The predicted molar refractivity (Wildman–Crippen MR) is 75.8 cm³/mol. The molecule has 1 N–H and O–H groups in total. The number of carboxylic acid groups (broad SMARTS) is 1. The highest BCUT2D eigenvalue weighted by molar-refractivity contribution is 5.66. The first kappa shape index (κ1) is 15.5. The Morgan fingerprint density at radius 1 is 1.32 bits per heavy atom. The van der Waals surface area contributed by atoms with E-state index in [9.17, 15) is 4.79 Å². The van der Waals surface area contributed by atoms with Crippen molar-refractivity contribution < 1.29 is 14.6 Å². The van der Waals surface area contributed by atoms with Crippen molar-refractivity contribution in [2.45, 2.75) is 27.2 Å². The molecule has 106 valence electrons. The highest BCUT2D eigenvalue weighted by Crippen LogP contribution is 2.18. The number of rotatable bonds is 8. The van der Waals surface area contributed by atoms with Gasteiger partial charge in [0.05, 0.1) is 6.42 Å². The van der Waals surface area contributed by atoms with Crippen LogP contribution in [0.5, 0.6) is 5.75 Å². The highest BCUT2D eigenvalue weighted by Gasteiger charge is 2.06. The predicted octanol–water partition coefficient (Wildman–Crippen LogP) is 2.48. The average molecular weight is 265 g/mol. The van der Waals surface area contributed by atoms with Crippen molar-refractivity contribution in [3.05, 3.63) is 29.3 Å². The van der Waals surface area contributed by atoms with E-state index in [1.807, 2.05) is 32.9 Å². The van der Waals surface area contributed by atoms with E-state index in [1.165, 1.54) is 5.56 Å². The summed E-state index contributed by atoms with van der Waals surface area (Å²) in [5, 5.41) is 8.67. The summed E-state index contributed by atoms with van der Waals surface area (Å²) >= 11 is 0. The number of ether oxygens (including phenoxy) is 1. The summed E-state index contributed by atoms with van der Waals surface area (Å²) < 4.78 is 5.77. The average Bonchev–Trinajstić information content (AvgIpc) is 2.37. The second-order valence-electron chi connectivity index (χ2n) is 4.70. The molecule has 0 heterocycles. The number of benzene rings is 1. The van der Waals surface area contributed by atoms with Gasteiger partial charge in [-0.1, -0.05) is 19.1 Å². The van der Waals surface area contributed by atoms with Gasteiger partial charge in [0.2, 0.25) is 0 Å². The van der Waals surface area contributed by atoms with Gasteiger partial charge in [0, 0.05) is 13.1 Å². The minimum atomic E-state index is -0.756. The lowest BCUT2D eigenvalue weighted by Crippen LogP contribution is -2.30. The Morgan fingerprint density at radius 2 is 2.05 bits per heavy atom. The number of hydrogen-bond acceptors (Lipinski definition) is 3. The molecule has 19 heavy (non-hydrogen) atoms. The van der Waals surface area contributed by atoms with Gasteiger partial charge in [-0.05, 0) is 37.6 Å². The van der Waals surface area contributed by atoms with E-state index < -0.39 is 5.97 Å². The lowest BCUT2D eigenvalue weighted by molar-refractivity contribution is -0.137. The summed E-state index contributed by atoms with van der Waals surface area (Å²) in [5.41, 5.74) is 2.30. The number of carboxylic acids is 1. The third-order valence-electron chi connectivity index (χ3n) is 3.10. The first-order chi connectivity index (χ1) is 9.02. The molecule has 4 heteroatoms. The molecule has 0 saturated heterocycles. The molecular formula is C15H23NO3. The topological polar surface area (TPSA) is 49.8 Å². The molecule has 0 aliphatic rings. The molecule has 0 bridgehead atoms. The SMILES string of the molecule is CCN(CCOc1cc(C)ccc1C)CCC(=O)O. The van der Waals surface area contributed by atoms with E-state index in [0.29, 0.717) is 13.2 Å². The van der Waals surface area contributed by atoms with Crippen molar-refractivity contribution in [2.24, 2.45) is 0 Å². The summed E-state index contributed by atoms with van der Waals surface area (Å²) in [5.74, 6) is 0.156. The zero-order chi connectivity index (χ0) is 14.3. The van der Waals surface area contributed by atoms with Crippen LogP contribution in [0.25, 0.3) is 0 Å². The highest BCUT2D eigenvalue weighted by atomic mass is 16.5. The molecule has 4 nitrogen and oxygen atoms in total. The third kappa shape index (κ3) is 5.75. The van der Waals surface area contributed by atoms with E-state index in [4.69, 9.17) is 9.84 Å². The van der Waals surface area contributed by atoms with Crippen LogP contribution in [0.2, 0.25) is 0 Å². The Labute approximate surface area is 115 Å². The second kappa shape index (κ2) is 7.79. The van der Waals surface area contributed by atoms with Crippen molar-refractivity contribution in [3.8, 4) is 5.75 Å². The summed E-state index contributed by atoms with van der Waals surface area (Å²) in [6.07, 6.45) is 0.178. The number of aryl methyl sites for hydroxylation is 2. The van der Waals surface area contributed by atoms with Crippen LogP contribution in [0.15, 0.2) is 18.2 Å². The Kier molecular flexibility index (Phi) is 6.36. The fraction of sp³-hybridized carbons (Fsp3) is 0.533. The second-order valence-corrected chi connectivity index (χ2v) is 4.70. The minimum absolute atomic E-state index is 0.178. The molecule has 0 radical (unpaired) electrons. The van der Waals surface area contributed by atoms with Crippen molar-refractivity contribution in [2.75, 3.05) is 26.2 Å². The summed E-state index contributed by atoms with van der Waals surface area (Å²) in [4.78, 5) is 12.6. The molecule has 0 saturated carbocycles. The molecule has 0 fully saturated rings. The monoisotopic (exact) mass is 265 g/mol. The molecule has 1 aromatic rings. The summed E-state index contributed by atoms with van der Waals surface area (Å²) in [7, 11) is 0. The van der Waals surface area contributed by atoms with E-state index >= 15 is 0 Å². The van der Waals surface area contributed by atoms with Crippen LogP contribution >= 0.6 is 0 Å². The summed E-state index contributed by atoms with van der Waals surface area (Å²) in [6.45, 7) is 8.83. The maximum absolute atomic E-state index is 10.5. The Morgan fingerprint density at radius 3 is 2.68 bits per heavy atom. The molecule has 1 rings (SSSR count). The van der Waals surface area contributed by atoms with Crippen molar-refractivity contribution in [1.82, 2.24) is 4.90 Å². The van der Waals surface area contributed by atoms with E-state index in [1.54, 1.807) is 0 Å². The van der Waals surface area contributed by atoms with Gasteiger partial charge < -0.3 is 9.84 Å². The minimum Gasteiger partial charge on any atom is -0.492 e. The quantitative estimate of drug-likeness (QED) is 0.784. The van der Waals surface area contributed by atoms with Gasteiger partial charge in [-0.3, -0.25) is 9.69 Å². The fourth-order valence-electron chi connectivity index (χ4n) is 1.83. The van der Waals surface area contributed by atoms with E-state index in [2.05, 4.69) is 11.0 Å². The number of carbonyl (C=O) groups is 1. The Hall–Kier alpha value is -1.55. The smallest absolute Gasteiger partial charge is 0.304 e. The van der Waals surface area contributed by atoms with Gasteiger partial charge in [-0.2, -0.15) is 0 Å². The number of likely N-dealkylation sites (N-methyl/N-ethyl adjacent to an activating group) is 1. The molecule has 0 unspecified atom stereocenters. The van der Waals surface area contributed by atoms with Crippen LogP contribution in [-0.2, 0) is 4.79 Å². The van der Waals surface area contributed by atoms with Crippen LogP contribution in [0.1, 0.15) is 24.5 Å². The lowest BCUT2D eigenvalue weighted by Gasteiger charge is -2.20. The first-order valence-corrected chi connectivity index (χ1v) is 6.67.